The van der Waals surface area contributed by atoms with E-state index in [1.54, 1.807) is 12.1 Å². The molecule has 1 aromatic heterocycles. The summed E-state index contributed by atoms with van der Waals surface area (Å²) >= 11 is 1.39. The summed E-state index contributed by atoms with van der Waals surface area (Å²) in [6, 6.07) is 7.50. The van der Waals surface area contributed by atoms with E-state index in [4.69, 9.17) is 0 Å². The van der Waals surface area contributed by atoms with E-state index in [9.17, 15) is 22.8 Å². The molecule has 26 heavy (non-hydrogen) atoms. The van der Waals surface area contributed by atoms with Crippen molar-refractivity contribution in [1.82, 2.24) is 5.32 Å². The van der Waals surface area contributed by atoms with Crippen molar-refractivity contribution in [3.05, 3.63) is 63.9 Å². The number of methoxy groups -OCH3 is 1. The van der Waals surface area contributed by atoms with Crippen LogP contribution in [-0.2, 0) is 20.5 Å². The molecule has 0 aliphatic carbocycles. The first-order valence-electron chi connectivity index (χ1n) is 7.55. The van der Waals surface area contributed by atoms with Gasteiger partial charge >= 0.3 is 12.1 Å². The molecule has 0 aliphatic rings. The van der Waals surface area contributed by atoms with Gasteiger partial charge in [-0.3, -0.25) is 9.59 Å². The number of thiophene rings is 1. The summed E-state index contributed by atoms with van der Waals surface area (Å²) in [5.74, 6) is -0.928. The maximum absolute atomic E-state index is 12.5. The van der Waals surface area contributed by atoms with E-state index in [2.05, 4.69) is 10.1 Å². The Morgan fingerprint density at radius 2 is 1.92 bits per heavy atom. The van der Waals surface area contributed by atoms with Crippen LogP contribution in [0.4, 0.5) is 13.2 Å². The molecular weight excluding hydrogens is 367 g/mol. The molecule has 0 saturated heterocycles. The number of hydrogen-bond acceptors (Lipinski definition) is 4. The highest BCUT2D eigenvalue weighted by Crippen LogP contribution is 2.29. The number of nitrogens with one attached hydrogen (secondary N) is 1. The lowest BCUT2D eigenvalue weighted by atomic mass is 10.1. The summed E-state index contributed by atoms with van der Waals surface area (Å²) in [5, 5.41) is 4.52. The summed E-state index contributed by atoms with van der Waals surface area (Å²) in [4.78, 5) is 24.4. The fourth-order valence-electron chi connectivity index (χ4n) is 2.14. The molecule has 2 aromatic rings. The fraction of sp³-hybridized carbons (Fsp3) is 0.222. The summed E-state index contributed by atoms with van der Waals surface area (Å²) in [6.45, 7) is 0. The van der Waals surface area contributed by atoms with Crippen LogP contribution in [0.2, 0.25) is 0 Å². The van der Waals surface area contributed by atoms with E-state index in [-0.39, 0.29) is 6.42 Å². The minimum absolute atomic E-state index is 0.0170. The van der Waals surface area contributed by atoms with Crippen LogP contribution < -0.4 is 5.32 Å². The highest BCUT2D eigenvalue weighted by molar-refractivity contribution is 7.10. The monoisotopic (exact) mass is 383 g/mol. The van der Waals surface area contributed by atoms with Gasteiger partial charge in [0.15, 0.2) is 0 Å². The number of carbonyl (C=O) groups is 2. The first-order valence-corrected chi connectivity index (χ1v) is 8.43. The molecule has 1 atom stereocenters. The molecule has 1 N–H and O–H groups in total. The quantitative estimate of drug-likeness (QED) is 0.601. The van der Waals surface area contributed by atoms with Gasteiger partial charge in [0.1, 0.15) is 0 Å². The standard InChI is InChI=1S/C18H16F3NO3S/c1-25-17(24)11-14(15-3-2-10-26-15)22-16(23)9-6-12-4-7-13(8-5-12)18(19,20)21/h2-10,14H,11H2,1H3,(H,22,23)/b9-6+. The number of rotatable bonds is 6. The molecular formula is C18H16F3NO3S. The second-order valence-corrected chi connectivity index (χ2v) is 6.29. The van der Waals surface area contributed by atoms with Crippen LogP contribution in [0, 0.1) is 0 Å². The van der Waals surface area contributed by atoms with Gasteiger partial charge in [-0.1, -0.05) is 18.2 Å². The minimum Gasteiger partial charge on any atom is -0.469 e. The number of esters is 1. The van der Waals surface area contributed by atoms with Crippen molar-refractivity contribution >= 4 is 29.3 Å². The Balaban J connectivity index is 2.03. The lowest BCUT2D eigenvalue weighted by Gasteiger charge is -2.15. The first kappa shape index (κ1) is 19.7. The lowest BCUT2D eigenvalue weighted by Crippen LogP contribution is -2.28. The smallest absolute Gasteiger partial charge is 0.416 e. The predicted molar refractivity (Wildman–Crippen MR) is 92.3 cm³/mol. The average molecular weight is 383 g/mol. The molecule has 0 radical (unpaired) electrons. The Labute approximate surface area is 152 Å². The van der Waals surface area contributed by atoms with Crippen LogP contribution >= 0.6 is 11.3 Å². The van der Waals surface area contributed by atoms with E-state index in [1.807, 2.05) is 5.38 Å². The van der Waals surface area contributed by atoms with E-state index >= 15 is 0 Å². The lowest BCUT2D eigenvalue weighted by molar-refractivity contribution is -0.141. The van der Waals surface area contributed by atoms with Crippen molar-refractivity contribution < 1.29 is 27.5 Å². The van der Waals surface area contributed by atoms with Crippen LogP contribution in [0.1, 0.15) is 28.5 Å². The third-order valence-electron chi connectivity index (χ3n) is 3.47. The molecule has 0 aliphatic heterocycles. The first-order chi connectivity index (χ1) is 12.3. The Morgan fingerprint density at radius 1 is 1.23 bits per heavy atom. The highest BCUT2D eigenvalue weighted by atomic mass is 32.1. The van der Waals surface area contributed by atoms with Crippen LogP contribution in [0.3, 0.4) is 0 Å². The van der Waals surface area contributed by atoms with Gasteiger partial charge in [-0.05, 0) is 35.2 Å². The molecule has 4 nitrogen and oxygen atoms in total. The van der Waals surface area contributed by atoms with E-state index in [0.717, 1.165) is 17.0 Å². The molecule has 1 amide bonds. The fourth-order valence-corrected chi connectivity index (χ4v) is 2.92. The zero-order valence-electron chi connectivity index (χ0n) is 13.7. The van der Waals surface area contributed by atoms with Crippen molar-refractivity contribution in [2.45, 2.75) is 18.6 Å². The Morgan fingerprint density at radius 3 is 2.46 bits per heavy atom. The van der Waals surface area contributed by atoms with Gasteiger partial charge in [-0.15, -0.1) is 11.3 Å². The van der Waals surface area contributed by atoms with Crippen molar-refractivity contribution in [2.24, 2.45) is 0 Å². The van der Waals surface area contributed by atoms with E-state index in [1.165, 1.54) is 42.7 Å². The summed E-state index contributed by atoms with van der Waals surface area (Å²) in [7, 11) is 1.26. The van der Waals surface area contributed by atoms with Gasteiger partial charge in [-0.25, -0.2) is 0 Å². The Hall–Kier alpha value is -2.61. The third kappa shape index (κ3) is 5.73. The molecule has 0 bridgehead atoms. The molecule has 1 unspecified atom stereocenters. The molecule has 0 spiro atoms. The van der Waals surface area contributed by atoms with Crippen molar-refractivity contribution in [1.29, 1.82) is 0 Å². The summed E-state index contributed by atoms with van der Waals surface area (Å²) in [6.07, 6.45) is -1.81. The summed E-state index contributed by atoms with van der Waals surface area (Å²) < 4.78 is 42.2. The van der Waals surface area contributed by atoms with Crippen molar-refractivity contribution in [3.8, 4) is 0 Å². The number of hydrogen-bond donors (Lipinski definition) is 1. The van der Waals surface area contributed by atoms with Gasteiger partial charge in [-0.2, -0.15) is 13.2 Å². The molecule has 0 fully saturated rings. The molecule has 8 heteroatoms. The SMILES string of the molecule is COC(=O)CC(NC(=O)/C=C/c1ccc(C(F)(F)F)cc1)c1cccs1. The number of benzene rings is 1. The average Bonchev–Trinajstić information content (AvgIpc) is 3.13. The number of carbonyl (C=O) groups excluding carboxylic acids is 2. The highest BCUT2D eigenvalue weighted by Gasteiger charge is 2.29. The van der Waals surface area contributed by atoms with Crippen LogP contribution in [0.15, 0.2) is 47.9 Å². The van der Waals surface area contributed by atoms with E-state index < -0.39 is 29.7 Å². The van der Waals surface area contributed by atoms with Gasteiger partial charge in [0.2, 0.25) is 5.91 Å². The van der Waals surface area contributed by atoms with Crippen LogP contribution in [0.5, 0.6) is 0 Å². The second-order valence-electron chi connectivity index (χ2n) is 5.31. The third-order valence-corrected chi connectivity index (χ3v) is 4.45. The normalized spacial score (nSPS) is 12.8. The molecule has 1 heterocycles. The van der Waals surface area contributed by atoms with Gasteiger partial charge < -0.3 is 10.1 Å². The number of alkyl halides is 3. The van der Waals surface area contributed by atoms with E-state index in [0.29, 0.717) is 5.56 Å². The largest absolute Gasteiger partial charge is 0.469 e. The Kier molecular flexibility index (Phi) is 6.57. The maximum Gasteiger partial charge on any atom is 0.416 e. The molecule has 2 rings (SSSR count). The zero-order chi connectivity index (χ0) is 19.2. The van der Waals surface area contributed by atoms with Gasteiger partial charge in [0.25, 0.3) is 0 Å². The second kappa shape index (κ2) is 8.66. The zero-order valence-corrected chi connectivity index (χ0v) is 14.6. The summed E-state index contributed by atoms with van der Waals surface area (Å²) in [5.41, 5.74) is -0.302. The van der Waals surface area contributed by atoms with Crippen LogP contribution in [-0.4, -0.2) is 19.0 Å². The van der Waals surface area contributed by atoms with Gasteiger partial charge in [0.05, 0.1) is 25.1 Å². The predicted octanol–water partition coefficient (Wildman–Crippen LogP) is 4.20. The topological polar surface area (TPSA) is 55.4 Å². The maximum atomic E-state index is 12.5. The molecule has 1 aromatic carbocycles. The number of amides is 1. The van der Waals surface area contributed by atoms with Crippen molar-refractivity contribution in [2.75, 3.05) is 7.11 Å². The molecule has 0 saturated carbocycles. The number of halogens is 3. The number of ether oxygens (including phenoxy) is 1. The Bertz CT molecular complexity index is 768. The van der Waals surface area contributed by atoms with Crippen LogP contribution in [0.25, 0.3) is 6.08 Å². The van der Waals surface area contributed by atoms with Crippen molar-refractivity contribution in [3.63, 3.8) is 0 Å². The molecule has 138 valence electrons. The minimum atomic E-state index is -4.40. The van der Waals surface area contributed by atoms with Gasteiger partial charge in [0, 0.05) is 11.0 Å².